The normalized spacial score (nSPS) is 11.2. The Labute approximate surface area is 137 Å². The predicted molar refractivity (Wildman–Crippen MR) is 85.3 cm³/mol. The summed E-state index contributed by atoms with van der Waals surface area (Å²) in [6.07, 6.45) is 0.162. The maximum Gasteiger partial charge on any atom is 0.350 e. The Morgan fingerprint density at radius 1 is 1.42 bits per heavy atom. The zero-order valence-corrected chi connectivity index (χ0v) is 13.5. The van der Waals surface area contributed by atoms with E-state index >= 15 is 0 Å². The monoisotopic (exact) mass is 341 g/mol. The lowest BCUT2D eigenvalue weighted by Crippen LogP contribution is -2.43. The molecule has 7 nitrogen and oxygen atoms in total. The van der Waals surface area contributed by atoms with Crippen molar-refractivity contribution in [3.8, 4) is 0 Å². The number of fused-ring (bicyclic) bond motifs is 1. The van der Waals surface area contributed by atoms with Crippen LogP contribution in [-0.2, 0) is 6.54 Å². The van der Waals surface area contributed by atoms with Crippen LogP contribution in [0.1, 0.15) is 19.8 Å². The SMILES string of the molecule is CCCN(CC(F)F)C(=O)NCCCn1nc2ccccn2c1=O. The summed E-state index contributed by atoms with van der Waals surface area (Å²) in [7, 11) is 0. The summed E-state index contributed by atoms with van der Waals surface area (Å²) in [6.45, 7) is 2.14. The molecule has 132 valence electrons. The van der Waals surface area contributed by atoms with Gasteiger partial charge in [-0.25, -0.2) is 23.1 Å². The Hall–Kier alpha value is -2.45. The van der Waals surface area contributed by atoms with Gasteiger partial charge in [0.2, 0.25) is 0 Å². The fraction of sp³-hybridized carbons (Fsp3) is 0.533. The molecule has 1 N–H and O–H groups in total. The number of urea groups is 1. The van der Waals surface area contributed by atoms with Crippen LogP contribution in [0.2, 0.25) is 0 Å². The van der Waals surface area contributed by atoms with Gasteiger partial charge in [0.25, 0.3) is 6.43 Å². The molecule has 0 aliphatic carbocycles. The summed E-state index contributed by atoms with van der Waals surface area (Å²) in [5.41, 5.74) is 0.305. The van der Waals surface area contributed by atoms with Crippen LogP contribution in [0.15, 0.2) is 29.2 Å². The Balaban J connectivity index is 1.84. The van der Waals surface area contributed by atoms with Crippen molar-refractivity contribution in [2.75, 3.05) is 19.6 Å². The van der Waals surface area contributed by atoms with Crippen LogP contribution >= 0.6 is 0 Å². The number of hydrogen-bond donors (Lipinski definition) is 1. The lowest BCUT2D eigenvalue weighted by molar-refractivity contribution is 0.0983. The van der Waals surface area contributed by atoms with Gasteiger partial charge in [-0.2, -0.15) is 0 Å². The molecular weight excluding hydrogens is 320 g/mol. The van der Waals surface area contributed by atoms with Crippen LogP contribution in [0.25, 0.3) is 5.65 Å². The molecule has 0 fully saturated rings. The number of aromatic nitrogens is 3. The highest BCUT2D eigenvalue weighted by atomic mass is 19.3. The fourth-order valence-corrected chi connectivity index (χ4v) is 2.36. The molecule has 0 aliphatic rings. The first kappa shape index (κ1) is 17.9. The molecule has 2 rings (SSSR count). The molecule has 9 heteroatoms. The molecule has 2 heterocycles. The molecule has 0 saturated heterocycles. The van der Waals surface area contributed by atoms with Crippen LogP contribution in [0, 0.1) is 0 Å². The first-order chi connectivity index (χ1) is 11.5. The van der Waals surface area contributed by atoms with E-state index in [1.807, 2.05) is 6.92 Å². The predicted octanol–water partition coefficient (Wildman–Crippen LogP) is 1.57. The fourth-order valence-electron chi connectivity index (χ4n) is 2.36. The van der Waals surface area contributed by atoms with Gasteiger partial charge >= 0.3 is 11.7 Å². The summed E-state index contributed by atoms with van der Waals surface area (Å²) in [6, 6.07) is 4.75. The highest BCUT2D eigenvalue weighted by molar-refractivity contribution is 5.74. The van der Waals surface area contributed by atoms with Gasteiger partial charge in [0.15, 0.2) is 5.65 Å². The third-order valence-corrected chi connectivity index (χ3v) is 3.45. The molecule has 0 bridgehead atoms. The van der Waals surface area contributed by atoms with E-state index in [0.29, 0.717) is 25.0 Å². The molecule has 0 aliphatic heterocycles. The number of nitrogens with one attached hydrogen (secondary N) is 1. The molecule has 0 radical (unpaired) electrons. The summed E-state index contributed by atoms with van der Waals surface area (Å²) >= 11 is 0. The molecular formula is C15H21F2N5O2. The standard InChI is InChI=1S/C15H21F2N5O2/c1-2-8-20(11-12(16)17)14(23)18-7-5-10-22-15(24)21-9-4-3-6-13(21)19-22/h3-4,6,9,12H,2,5,7-8,10-11H2,1H3,(H,18,23). The second kappa shape index (κ2) is 8.42. The second-order valence-electron chi connectivity index (χ2n) is 5.36. The molecule has 2 aromatic rings. The van der Waals surface area contributed by atoms with E-state index < -0.39 is 19.0 Å². The summed E-state index contributed by atoms with van der Waals surface area (Å²) < 4.78 is 27.7. The molecule has 0 spiro atoms. The maximum absolute atomic E-state index is 12.5. The highest BCUT2D eigenvalue weighted by Crippen LogP contribution is 2.00. The molecule has 24 heavy (non-hydrogen) atoms. The van der Waals surface area contributed by atoms with Crippen molar-refractivity contribution in [2.24, 2.45) is 0 Å². The minimum Gasteiger partial charge on any atom is -0.338 e. The number of pyridine rings is 1. The van der Waals surface area contributed by atoms with Gasteiger partial charge in [-0.05, 0) is 25.0 Å². The number of nitrogens with zero attached hydrogens (tertiary/aromatic N) is 4. The Morgan fingerprint density at radius 2 is 2.21 bits per heavy atom. The molecule has 2 aromatic heterocycles. The van der Waals surface area contributed by atoms with Gasteiger partial charge in [0.05, 0.1) is 6.54 Å². The molecule has 0 saturated carbocycles. The van der Waals surface area contributed by atoms with E-state index in [2.05, 4.69) is 10.4 Å². The van der Waals surface area contributed by atoms with Crippen LogP contribution in [-0.4, -0.2) is 51.2 Å². The highest BCUT2D eigenvalue weighted by Gasteiger charge is 2.16. The van der Waals surface area contributed by atoms with Gasteiger partial charge in [0, 0.05) is 25.8 Å². The molecule has 2 amide bonds. The summed E-state index contributed by atoms with van der Waals surface area (Å²) in [5.74, 6) is 0. The van der Waals surface area contributed by atoms with Crippen LogP contribution in [0.3, 0.4) is 0 Å². The van der Waals surface area contributed by atoms with Crippen molar-refractivity contribution < 1.29 is 13.6 Å². The smallest absolute Gasteiger partial charge is 0.338 e. The van der Waals surface area contributed by atoms with Gasteiger partial charge in [0.1, 0.15) is 0 Å². The van der Waals surface area contributed by atoms with Crippen molar-refractivity contribution >= 4 is 11.7 Å². The number of carbonyl (C=O) groups is 1. The number of hydrogen-bond acceptors (Lipinski definition) is 3. The number of halogens is 2. The quantitative estimate of drug-likeness (QED) is 0.741. The number of rotatable bonds is 8. The Kier molecular flexibility index (Phi) is 6.28. The summed E-state index contributed by atoms with van der Waals surface area (Å²) in [4.78, 5) is 25.0. The van der Waals surface area contributed by atoms with Crippen molar-refractivity contribution in [2.45, 2.75) is 32.7 Å². The van der Waals surface area contributed by atoms with Gasteiger partial charge in [-0.3, -0.25) is 4.40 Å². The van der Waals surface area contributed by atoms with E-state index in [0.717, 1.165) is 4.90 Å². The topological polar surface area (TPSA) is 71.6 Å². The third-order valence-electron chi connectivity index (χ3n) is 3.45. The number of carbonyl (C=O) groups excluding carboxylic acids is 1. The van der Waals surface area contributed by atoms with Crippen molar-refractivity contribution in [1.82, 2.24) is 24.4 Å². The minimum atomic E-state index is -2.56. The van der Waals surface area contributed by atoms with E-state index in [9.17, 15) is 18.4 Å². The third kappa shape index (κ3) is 4.53. The van der Waals surface area contributed by atoms with Crippen LogP contribution < -0.4 is 11.0 Å². The van der Waals surface area contributed by atoms with Gasteiger partial charge < -0.3 is 10.2 Å². The second-order valence-corrected chi connectivity index (χ2v) is 5.36. The number of amides is 2. The average Bonchev–Trinajstić information content (AvgIpc) is 2.87. The molecule has 0 atom stereocenters. The summed E-state index contributed by atoms with van der Waals surface area (Å²) in [5, 5.41) is 6.78. The first-order valence-corrected chi connectivity index (χ1v) is 7.88. The lowest BCUT2D eigenvalue weighted by atomic mass is 10.4. The van der Waals surface area contributed by atoms with Crippen molar-refractivity contribution in [1.29, 1.82) is 0 Å². The van der Waals surface area contributed by atoms with Gasteiger partial charge in [-0.1, -0.05) is 13.0 Å². The van der Waals surface area contributed by atoms with Crippen LogP contribution in [0.5, 0.6) is 0 Å². The number of aryl methyl sites for hydroxylation is 1. The van der Waals surface area contributed by atoms with Crippen LogP contribution in [0.4, 0.5) is 13.6 Å². The number of alkyl halides is 2. The van der Waals surface area contributed by atoms with E-state index in [1.54, 1.807) is 24.4 Å². The van der Waals surface area contributed by atoms with E-state index in [-0.39, 0.29) is 18.8 Å². The maximum atomic E-state index is 12.5. The zero-order chi connectivity index (χ0) is 17.5. The Bertz CT molecular complexity index is 728. The molecule has 0 aromatic carbocycles. The van der Waals surface area contributed by atoms with E-state index in [1.165, 1.54) is 9.08 Å². The van der Waals surface area contributed by atoms with E-state index in [4.69, 9.17) is 0 Å². The minimum absolute atomic E-state index is 0.248. The lowest BCUT2D eigenvalue weighted by Gasteiger charge is -2.22. The Morgan fingerprint density at radius 3 is 2.88 bits per heavy atom. The van der Waals surface area contributed by atoms with Gasteiger partial charge in [-0.15, -0.1) is 5.10 Å². The molecule has 0 unspecified atom stereocenters. The zero-order valence-electron chi connectivity index (χ0n) is 13.5. The largest absolute Gasteiger partial charge is 0.350 e. The average molecular weight is 341 g/mol. The first-order valence-electron chi connectivity index (χ1n) is 7.88. The van der Waals surface area contributed by atoms with Crippen molar-refractivity contribution in [3.63, 3.8) is 0 Å². The van der Waals surface area contributed by atoms with Crippen molar-refractivity contribution in [3.05, 3.63) is 34.9 Å².